The third kappa shape index (κ3) is 5.54. The minimum atomic E-state index is 1.01. The van der Waals surface area contributed by atoms with Crippen LogP contribution in [0.2, 0.25) is 0 Å². The van der Waals surface area contributed by atoms with Gasteiger partial charge in [0.05, 0.1) is 0 Å². The zero-order valence-electron chi connectivity index (χ0n) is 6.78. The molecule has 0 fully saturated rings. The van der Waals surface area contributed by atoms with Crippen LogP contribution < -0.4 is 0 Å². The first-order chi connectivity index (χ1) is 4.31. The minimum Gasteiger partial charge on any atom is -0.294 e. The van der Waals surface area contributed by atoms with E-state index in [1.807, 2.05) is 0 Å². The van der Waals surface area contributed by atoms with Crippen molar-refractivity contribution >= 4 is 5.71 Å². The lowest BCUT2D eigenvalue weighted by Gasteiger charge is -1.94. The highest BCUT2D eigenvalue weighted by Crippen LogP contribution is 1.91. The third-order valence-electron chi connectivity index (χ3n) is 1.22. The molecule has 0 aromatic heterocycles. The largest absolute Gasteiger partial charge is 0.294 e. The average Bonchev–Trinajstić information content (AvgIpc) is 1.85. The molecule has 0 bridgehead atoms. The quantitative estimate of drug-likeness (QED) is 0.515. The van der Waals surface area contributed by atoms with Gasteiger partial charge in [0.15, 0.2) is 0 Å². The molecule has 0 aliphatic carbocycles. The predicted octanol–water partition coefficient (Wildman–Crippen LogP) is 2.66. The van der Waals surface area contributed by atoms with Crippen molar-refractivity contribution in [2.75, 3.05) is 6.54 Å². The van der Waals surface area contributed by atoms with Gasteiger partial charge in [-0.25, -0.2) is 0 Å². The fourth-order valence-corrected chi connectivity index (χ4v) is 0.744. The van der Waals surface area contributed by atoms with Crippen LogP contribution >= 0.6 is 0 Å². The van der Waals surface area contributed by atoms with Crippen LogP contribution in [-0.2, 0) is 0 Å². The van der Waals surface area contributed by atoms with Crippen LogP contribution in [0.3, 0.4) is 0 Å². The summed E-state index contributed by atoms with van der Waals surface area (Å²) in [5, 5.41) is 0. The molecule has 0 aliphatic rings. The van der Waals surface area contributed by atoms with Crippen LogP contribution in [0.4, 0.5) is 0 Å². The van der Waals surface area contributed by atoms with Gasteiger partial charge in [-0.2, -0.15) is 0 Å². The van der Waals surface area contributed by atoms with Crippen molar-refractivity contribution in [2.24, 2.45) is 4.99 Å². The smallest absolute Gasteiger partial charge is 0.0385 e. The Morgan fingerprint density at radius 2 is 1.89 bits per heavy atom. The van der Waals surface area contributed by atoms with Gasteiger partial charge in [0.2, 0.25) is 0 Å². The van der Waals surface area contributed by atoms with Gasteiger partial charge in [0.1, 0.15) is 0 Å². The first-order valence-electron chi connectivity index (χ1n) is 3.81. The standard InChI is InChI=1S/C8H17N/c1-4-6-8(3)9-7-5-2/h4-7H2,1-3H3. The van der Waals surface area contributed by atoms with Crippen molar-refractivity contribution in [3.8, 4) is 0 Å². The van der Waals surface area contributed by atoms with Crippen LogP contribution in [0.25, 0.3) is 0 Å². The second-order valence-electron chi connectivity index (χ2n) is 2.37. The van der Waals surface area contributed by atoms with Crippen LogP contribution in [0.1, 0.15) is 40.0 Å². The highest BCUT2D eigenvalue weighted by molar-refractivity contribution is 5.81. The summed E-state index contributed by atoms with van der Waals surface area (Å²) in [4.78, 5) is 4.35. The third-order valence-corrected chi connectivity index (χ3v) is 1.22. The summed E-state index contributed by atoms with van der Waals surface area (Å²) in [5.41, 5.74) is 1.30. The monoisotopic (exact) mass is 127 g/mol. The van der Waals surface area contributed by atoms with E-state index in [1.54, 1.807) is 0 Å². The fraction of sp³-hybridized carbons (Fsp3) is 0.875. The second-order valence-corrected chi connectivity index (χ2v) is 2.37. The van der Waals surface area contributed by atoms with E-state index in [4.69, 9.17) is 0 Å². The Bertz CT molecular complexity index is 84.6. The maximum Gasteiger partial charge on any atom is 0.0385 e. The molecule has 0 amide bonds. The van der Waals surface area contributed by atoms with Crippen molar-refractivity contribution in [1.29, 1.82) is 0 Å². The van der Waals surface area contributed by atoms with Gasteiger partial charge >= 0.3 is 0 Å². The maximum atomic E-state index is 4.35. The first kappa shape index (κ1) is 8.67. The molecule has 0 N–H and O–H groups in total. The number of aliphatic imine (C=N–C) groups is 1. The van der Waals surface area contributed by atoms with Gasteiger partial charge in [-0.3, -0.25) is 4.99 Å². The Hall–Kier alpha value is -0.330. The molecule has 0 spiro atoms. The fourth-order valence-electron chi connectivity index (χ4n) is 0.744. The Balaban J connectivity index is 3.30. The molecule has 9 heavy (non-hydrogen) atoms. The predicted molar refractivity (Wildman–Crippen MR) is 43.2 cm³/mol. The van der Waals surface area contributed by atoms with E-state index in [-0.39, 0.29) is 0 Å². The number of nitrogens with zero attached hydrogens (tertiary/aromatic N) is 1. The lowest BCUT2D eigenvalue weighted by Crippen LogP contribution is -1.91. The van der Waals surface area contributed by atoms with E-state index in [9.17, 15) is 0 Å². The van der Waals surface area contributed by atoms with Gasteiger partial charge in [-0.1, -0.05) is 20.3 Å². The van der Waals surface area contributed by atoms with Gasteiger partial charge in [0.25, 0.3) is 0 Å². The van der Waals surface area contributed by atoms with Gasteiger partial charge in [-0.15, -0.1) is 0 Å². The van der Waals surface area contributed by atoms with Crippen molar-refractivity contribution in [1.82, 2.24) is 0 Å². The summed E-state index contributed by atoms with van der Waals surface area (Å²) in [5.74, 6) is 0. The Morgan fingerprint density at radius 1 is 1.22 bits per heavy atom. The molecule has 0 radical (unpaired) electrons. The average molecular weight is 127 g/mol. The zero-order valence-corrected chi connectivity index (χ0v) is 6.78. The molecule has 1 nitrogen and oxygen atoms in total. The number of rotatable bonds is 4. The molecule has 54 valence electrons. The minimum absolute atomic E-state index is 1.01. The molecule has 0 aromatic rings. The number of hydrogen-bond donors (Lipinski definition) is 0. The van der Waals surface area contributed by atoms with E-state index < -0.39 is 0 Å². The molecule has 0 saturated heterocycles. The van der Waals surface area contributed by atoms with E-state index in [0.717, 1.165) is 6.54 Å². The van der Waals surface area contributed by atoms with Gasteiger partial charge in [0, 0.05) is 12.3 Å². The van der Waals surface area contributed by atoms with Crippen LogP contribution in [0, 0.1) is 0 Å². The molecule has 1 heteroatoms. The molecule has 0 atom stereocenters. The Kier molecular flexibility index (Phi) is 5.59. The lowest BCUT2D eigenvalue weighted by molar-refractivity contribution is 0.908. The summed E-state index contributed by atoms with van der Waals surface area (Å²) in [6, 6.07) is 0. The van der Waals surface area contributed by atoms with E-state index in [0.29, 0.717) is 0 Å². The van der Waals surface area contributed by atoms with E-state index in [1.165, 1.54) is 25.0 Å². The van der Waals surface area contributed by atoms with Crippen molar-refractivity contribution in [2.45, 2.75) is 40.0 Å². The molecular weight excluding hydrogens is 110 g/mol. The Morgan fingerprint density at radius 3 is 2.33 bits per heavy atom. The van der Waals surface area contributed by atoms with Crippen LogP contribution in [0.5, 0.6) is 0 Å². The Labute approximate surface area is 58.2 Å². The van der Waals surface area contributed by atoms with E-state index in [2.05, 4.69) is 25.8 Å². The normalized spacial score (nSPS) is 12.1. The van der Waals surface area contributed by atoms with E-state index >= 15 is 0 Å². The summed E-state index contributed by atoms with van der Waals surface area (Å²) in [7, 11) is 0. The summed E-state index contributed by atoms with van der Waals surface area (Å²) < 4.78 is 0. The molecule has 0 rings (SSSR count). The molecule has 0 aromatic carbocycles. The van der Waals surface area contributed by atoms with Crippen LogP contribution in [0.15, 0.2) is 4.99 Å². The lowest BCUT2D eigenvalue weighted by atomic mass is 10.2. The van der Waals surface area contributed by atoms with Crippen molar-refractivity contribution in [3.63, 3.8) is 0 Å². The highest BCUT2D eigenvalue weighted by Gasteiger charge is 1.85. The van der Waals surface area contributed by atoms with Crippen molar-refractivity contribution in [3.05, 3.63) is 0 Å². The number of hydrogen-bond acceptors (Lipinski definition) is 1. The van der Waals surface area contributed by atoms with Gasteiger partial charge in [-0.05, 0) is 19.8 Å². The first-order valence-corrected chi connectivity index (χ1v) is 3.81. The molecule has 0 aliphatic heterocycles. The summed E-state index contributed by atoms with van der Waals surface area (Å²) in [6.07, 6.45) is 3.56. The summed E-state index contributed by atoms with van der Waals surface area (Å²) >= 11 is 0. The topological polar surface area (TPSA) is 12.4 Å². The molecule has 0 saturated carbocycles. The second kappa shape index (κ2) is 5.80. The summed E-state index contributed by atoms with van der Waals surface area (Å²) in [6.45, 7) is 7.46. The maximum absolute atomic E-state index is 4.35. The van der Waals surface area contributed by atoms with Crippen LogP contribution in [-0.4, -0.2) is 12.3 Å². The molecule has 0 heterocycles. The van der Waals surface area contributed by atoms with Gasteiger partial charge < -0.3 is 0 Å². The SMILES string of the molecule is CCCN=C(C)CCC. The van der Waals surface area contributed by atoms with Crippen molar-refractivity contribution < 1.29 is 0 Å². The molecule has 0 unspecified atom stereocenters. The molecular formula is C8H17N. The highest BCUT2D eigenvalue weighted by atomic mass is 14.7. The zero-order chi connectivity index (χ0) is 7.11.